The minimum Gasteiger partial charge on any atom is -0.352 e. The van der Waals surface area contributed by atoms with Gasteiger partial charge in [-0.05, 0) is 49.1 Å². The second kappa shape index (κ2) is 13.1. The summed E-state index contributed by atoms with van der Waals surface area (Å²) in [4.78, 5) is 28.0. The first kappa shape index (κ1) is 26.5. The van der Waals surface area contributed by atoms with Gasteiger partial charge in [-0.25, -0.2) is 8.78 Å². The molecule has 1 atom stereocenters. The molecule has 1 aliphatic rings. The molecule has 0 bridgehead atoms. The van der Waals surface area contributed by atoms with E-state index in [0.717, 1.165) is 31.2 Å². The number of hydrogen-bond donors (Lipinski definition) is 1. The Bertz CT molecular complexity index is 948. The van der Waals surface area contributed by atoms with E-state index in [-0.39, 0.29) is 41.7 Å². The van der Waals surface area contributed by atoms with Crippen molar-refractivity contribution in [1.29, 1.82) is 0 Å². The molecule has 0 saturated heterocycles. The molecule has 1 aliphatic carbocycles. The van der Waals surface area contributed by atoms with E-state index in [1.165, 1.54) is 42.4 Å². The number of halogens is 3. The molecule has 34 heavy (non-hydrogen) atoms. The maximum absolute atomic E-state index is 14.1. The Kier molecular flexibility index (Phi) is 10.2. The number of carbonyl (C=O) groups excluding carboxylic acids is 2. The third-order valence-corrected chi connectivity index (χ3v) is 7.44. The summed E-state index contributed by atoms with van der Waals surface area (Å²) in [5.74, 6) is -0.847. The summed E-state index contributed by atoms with van der Waals surface area (Å²) in [5.41, 5.74) is 1.09. The Morgan fingerprint density at radius 1 is 1.12 bits per heavy atom. The molecular formula is C26H31ClF2N2O2S. The molecule has 1 saturated carbocycles. The molecule has 1 fully saturated rings. The average Bonchev–Trinajstić information content (AvgIpc) is 2.82. The summed E-state index contributed by atoms with van der Waals surface area (Å²) in [7, 11) is 0. The molecular weight excluding hydrogens is 478 g/mol. The monoisotopic (exact) mass is 508 g/mol. The number of carbonyl (C=O) groups is 2. The van der Waals surface area contributed by atoms with Crippen LogP contribution in [0.5, 0.6) is 0 Å². The van der Waals surface area contributed by atoms with Crippen LogP contribution in [0.25, 0.3) is 0 Å². The van der Waals surface area contributed by atoms with Gasteiger partial charge in [-0.1, -0.05) is 56.0 Å². The SMILES string of the molecule is CCC(C(=O)NC1CCCCC1)N(Cc1ccc(F)cc1)C(=O)CSCc1c(F)cccc1Cl. The highest BCUT2D eigenvalue weighted by molar-refractivity contribution is 7.99. The van der Waals surface area contributed by atoms with Crippen LogP contribution in [0.4, 0.5) is 8.78 Å². The lowest BCUT2D eigenvalue weighted by Crippen LogP contribution is -2.52. The second-order valence-electron chi connectivity index (χ2n) is 8.61. The number of hydrogen-bond acceptors (Lipinski definition) is 3. The van der Waals surface area contributed by atoms with Crippen LogP contribution in [0.3, 0.4) is 0 Å². The molecule has 1 unspecified atom stereocenters. The summed E-state index contributed by atoms with van der Waals surface area (Å²) in [6, 6.07) is 9.91. The molecule has 184 valence electrons. The van der Waals surface area contributed by atoms with Crippen molar-refractivity contribution in [2.75, 3.05) is 5.75 Å². The van der Waals surface area contributed by atoms with Gasteiger partial charge in [0, 0.05) is 28.9 Å². The van der Waals surface area contributed by atoms with E-state index >= 15 is 0 Å². The number of rotatable bonds is 10. The summed E-state index contributed by atoms with van der Waals surface area (Å²) in [6.07, 6.45) is 5.72. The maximum Gasteiger partial charge on any atom is 0.243 e. The number of nitrogens with one attached hydrogen (secondary N) is 1. The highest BCUT2D eigenvalue weighted by Gasteiger charge is 2.30. The van der Waals surface area contributed by atoms with Crippen LogP contribution in [0.15, 0.2) is 42.5 Å². The normalized spacial score (nSPS) is 15.1. The average molecular weight is 509 g/mol. The molecule has 0 radical (unpaired) electrons. The standard InChI is InChI=1S/C26H31ClF2N2O2S/c1-2-24(26(33)30-20-7-4-3-5-8-20)31(15-18-11-13-19(28)14-12-18)25(32)17-34-16-21-22(27)9-6-10-23(21)29/h6,9-14,20,24H,2-5,7-8,15-17H2,1H3,(H,30,33). The Morgan fingerprint density at radius 2 is 1.82 bits per heavy atom. The van der Waals surface area contributed by atoms with Crippen molar-refractivity contribution in [3.63, 3.8) is 0 Å². The van der Waals surface area contributed by atoms with Crippen molar-refractivity contribution in [1.82, 2.24) is 10.2 Å². The van der Waals surface area contributed by atoms with Crippen molar-refractivity contribution >= 4 is 35.2 Å². The van der Waals surface area contributed by atoms with E-state index < -0.39 is 11.9 Å². The summed E-state index contributed by atoms with van der Waals surface area (Å²) in [6.45, 7) is 2.07. The van der Waals surface area contributed by atoms with Crippen LogP contribution in [0.1, 0.15) is 56.6 Å². The van der Waals surface area contributed by atoms with Gasteiger partial charge in [-0.3, -0.25) is 9.59 Å². The van der Waals surface area contributed by atoms with Gasteiger partial charge in [0.15, 0.2) is 0 Å². The highest BCUT2D eigenvalue weighted by atomic mass is 35.5. The van der Waals surface area contributed by atoms with Gasteiger partial charge in [0.05, 0.1) is 5.75 Å². The smallest absolute Gasteiger partial charge is 0.243 e. The van der Waals surface area contributed by atoms with Crippen LogP contribution in [0, 0.1) is 11.6 Å². The van der Waals surface area contributed by atoms with Crippen molar-refractivity contribution in [2.24, 2.45) is 0 Å². The van der Waals surface area contributed by atoms with E-state index in [9.17, 15) is 18.4 Å². The van der Waals surface area contributed by atoms with Gasteiger partial charge in [0.25, 0.3) is 0 Å². The molecule has 2 amide bonds. The van der Waals surface area contributed by atoms with Gasteiger partial charge in [0.2, 0.25) is 11.8 Å². The van der Waals surface area contributed by atoms with E-state index in [0.29, 0.717) is 17.0 Å². The van der Waals surface area contributed by atoms with Crippen molar-refractivity contribution < 1.29 is 18.4 Å². The highest BCUT2D eigenvalue weighted by Crippen LogP contribution is 2.25. The number of benzene rings is 2. The van der Waals surface area contributed by atoms with Crippen LogP contribution in [-0.2, 0) is 21.9 Å². The van der Waals surface area contributed by atoms with E-state index in [1.807, 2.05) is 6.92 Å². The van der Waals surface area contributed by atoms with Crippen molar-refractivity contribution in [3.05, 3.63) is 70.2 Å². The zero-order valence-electron chi connectivity index (χ0n) is 19.4. The van der Waals surface area contributed by atoms with Crippen molar-refractivity contribution in [2.45, 2.75) is 69.8 Å². The Balaban J connectivity index is 1.72. The van der Waals surface area contributed by atoms with Gasteiger partial charge >= 0.3 is 0 Å². The predicted molar refractivity (Wildman–Crippen MR) is 134 cm³/mol. The van der Waals surface area contributed by atoms with E-state index in [1.54, 1.807) is 23.1 Å². The summed E-state index contributed by atoms with van der Waals surface area (Å²) < 4.78 is 27.5. The molecule has 2 aromatic rings. The van der Waals surface area contributed by atoms with Crippen LogP contribution >= 0.6 is 23.4 Å². The fourth-order valence-corrected chi connectivity index (χ4v) is 5.49. The first-order valence-electron chi connectivity index (χ1n) is 11.7. The minimum atomic E-state index is -0.642. The van der Waals surface area contributed by atoms with Gasteiger partial charge < -0.3 is 10.2 Å². The van der Waals surface area contributed by atoms with Crippen LogP contribution in [-0.4, -0.2) is 34.6 Å². The van der Waals surface area contributed by atoms with E-state index in [4.69, 9.17) is 11.6 Å². The summed E-state index contributed by atoms with van der Waals surface area (Å²) >= 11 is 7.35. The lowest BCUT2D eigenvalue weighted by atomic mass is 9.95. The van der Waals surface area contributed by atoms with Crippen LogP contribution < -0.4 is 5.32 Å². The van der Waals surface area contributed by atoms with Crippen molar-refractivity contribution in [3.8, 4) is 0 Å². The molecule has 0 heterocycles. The predicted octanol–water partition coefficient (Wildman–Crippen LogP) is 6.11. The molecule has 0 aliphatic heterocycles. The summed E-state index contributed by atoms with van der Waals surface area (Å²) in [5, 5.41) is 3.45. The fourth-order valence-electron chi connectivity index (χ4n) is 4.24. The lowest BCUT2D eigenvalue weighted by Gasteiger charge is -2.32. The molecule has 1 N–H and O–H groups in total. The Morgan fingerprint density at radius 3 is 2.47 bits per heavy atom. The number of nitrogens with zero attached hydrogens (tertiary/aromatic N) is 1. The number of amides is 2. The molecule has 8 heteroatoms. The first-order valence-corrected chi connectivity index (χ1v) is 13.3. The third-order valence-electron chi connectivity index (χ3n) is 6.14. The van der Waals surface area contributed by atoms with E-state index in [2.05, 4.69) is 5.32 Å². The second-order valence-corrected chi connectivity index (χ2v) is 10.0. The largest absolute Gasteiger partial charge is 0.352 e. The Labute approximate surface area is 209 Å². The lowest BCUT2D eigenvalue weighted by molar-refractivity contribution is -0.139. The maximum atomic E-state index is 14.1. The molecule has 4 nitrogen and oxygen atoms in total. The van der Waals surface area contributed by atoms with Gasteiger partial charge in [0.1, 0.15) is 17.7 Å². The molecule has 2 aromatic carbocycles. The Hall–Kier alpha value is -2.12. The molecule has 3 rings (SSSR count). The van der Waals surface area contributed by atoms with Gasteiger partial charge in [-0.2, -0.15) is 0 Å². The first-order chi connectivity index (χ1) is 16.4. The third kappa shape index (κ3) is 7.44. The quantitative estimate of drug-likeness (QED) is 0.421. The minimum absolute atomic E-state index is 0.0685. The topological polar surface area (TPSA) is 49.4 Å². The van der Waals surface area contributed by atoms with Gasteiger partial charge in [-0.15, -0.1) is 11.8 Å². The number of thioether (sulfide) groups is 1. The van der Waals surface area contributed by atoms with Crippen LogP contribution in [0.2, 0.25) is 5.02 Å². The zero-order chi connectivity index (χ0) is 24.5. The zero-order valence-corrected chi connectivity index (χ0v) is 20.9. The molecule has 0 aromatic heterocycles. The molecule has 0 spiro atoms. The fraction of sp³-hybridized carbons (Fsp3) is 0.462.